The maximum absolute atomic E-state index is 12.7. The van der Waals surface area contributed by atoms with Crippen LogP contribution >= 0.6 is 23.1 Å². The van der Waals surface area contributed by atoms with Gasteiger partial charge in [-0.25, -0.2) is 14.8 Å². The number of aryl methyl sites for hydroxylation is 2. The van der Waals surface area contributed by atoms with Crippen molar-refractivity contribution < 1.29 is 14.3 Å². The van der Waals surface area contributed by atoms with Crippen LogP contribution in [0.5, 0.6) is 0 Å². The summed E-state index contributed by atoms with van der Waals surface area (Å²) in [5.41, 5.74) is 1.53. The highest BCUT2D eigenvalue weighted by Gasteiger charge is 2.22. The standard InChI is InChI=1S/C21H21N3O3S2/c1-5-10-22-18(25)13(3)27-21(26)15-8-6-7-9-16(15)29-20-17-12(2)14(4)28-19(17)23-11-24-20/h5-9,11,13H,1,10H2,2-4H3,(H,22,25). The van der Waals surface area contributed by atoms with E-state index in [0.29, 0.717) is 17.0 Å². The molecule has 0 aliphatic carbocycles. The van der Waals surface area contributed by atoms with Gasteiger partial charge in [-0.15, -0.1) is 17.9 Å². The summed E-state index contributed by atoms with van der Waals surface area (Å²) >= 11 is 3.01. The molecule has 1 N–H and O–H groups in total. The van der Waals surface area contributed by atoms with Gasteiger partial charge in [-0.2, -0.15) is 0 Å². The van der Waals surface area contributed by atoms with Gasteiger partial charge in [-0.3, -0.25) is 4.79 Å². The van der Waals surface area contributed by atoms with Crippen molar-refractivity contribution in [2.75, 3.05) is 6.54 Å². The van der Waals surface area contributed by atoms with Crippen LogP contribution in [0.2, 0.25) is 0 Å². The number of ether oxygens (including phenoxy) is 1. The Morgan fingerprint density at radius 3 is 2.83 bits per heavy atom. The van der Waals surface area contributed by atoms with E-state index in [9.17, 15) is 9.59 Å². The summed E-state index contributed by atoms with van der Waals surface area (Å²) in [5, 5.41) is 4.40. The second kappa shape index (κ2) is 9.19. The van der Waals surface area contributed by atoms with E-state index in [-0.39, 0.29) is 5.91 Å². The first-order chi connectivity index (χ1) is 13.9. The molecule has 0 saturated carbocycles. The lowest BCUT2D eigenvalue weighted by Gasteiger charge is -2.14. The molecule has 8 heteroatoms. The fraction of sp³-hybridized carbons (Fsp3) is 0.238. The first-order valence-electron chi connectivity index (χ1n) is 8.99. The third-order valence-corrected chi connectivity index (χ3v) is 6.51. The molecule has 1 amide bonds. The predicted molar refractivity (Wildman–Crippen MR) is 116 cm³/mol. The van der Waals surface area contributed by atoms with Gasteiger partial charge >= 0.3 is 5.97 Å². The number of thiophene rings is 1. The summed E-state index contributed by atoms with van der Waals surface area (Å²) in [4.78, 5) is 36.3. The van der Waals surface area contributed by atoms with Crippen LogP contribution in [0.25, 0.3) is 10.2 Å². The Morgan fingerprint density at radius 1 is 1.31 bits per heavy atom. The summed E-state index contributed by atoms with van der Waals surface area (Å²) < 4.78 is 5.36. The van der Waals surface area contributed by atoms with Crippen molar-refractivity contribution >= 4 is 45.2 Å². The molecule has 6 nitrogen and oxygen atoms in total. The van der Waals surface area contributed by atoms with Crippen LogP contribution in [0.1, 0.15) is 27.7 Å². The van der Waals surface area contributed by atoms with Crippen LogP contribution in [0.3, 0.4) is 0 Å². The number of nitrogens with one attached hydrogen (secondary N) is 1. The van der Waals surface area contributed by atoms with Gasteiger partial charge in [0.15, 0.2) is 6.10 Å². The summed E-state index contributed by atoms with van der Waals surface area (Å²) in [5.74, 6) is -0.928. The minimum Gasteiger partial charge on any atom is -0.449 e. The SMILES string of the molecule is C=CCNC(=O)C(C)OC(=O)c1ccccc1Sc1ncnc2sc(C)c(C)c12. The number of hydrogen-bond donors (Lipinski definition) is 1. The van der Waals surface area contributed by atoms with E-state index >= 15 is 0 Å². The number of nitrogens with zero attached hydrogens (tertiary/aromatic N) is 2. The van der Waals surface area contributed by atoms with E-state index in [1.54, 1.807) is 29.5 Å². The van der Waals surface area contributed by atoms with Gasteiger partial charge in [0.2, 0.25) is 0 Å². The van der Waals surface area contributed by atoms with Crippen molar-refractivity contribution in [1.29, 1.82) is 0 Å². The minimum atomic E-state index is -0.909. The largest absolute Gasteiger partial charge is 0.449 e. The van der Waals surface area contributed by atoms with Gasteiger partial charge in [-0.05, 0) is 38.5 Å². The molecular weight excluding hydrogens is 406 g/mol. The average Bonchev–Trinajstić information content (AvgIpc) is 3.01. The van der Waals surface area contributed by atoms with E-state index in [0.717, 1.165) is 20.8 Å². The quantitative estimate of drug-likeness (QED) is 0.344. The van der Waals surface area contributed by atoms with Crippen LogP contribution in [0.15, 0.2) is 53.2 Å². The molecule has 1 unspecified atom stereocenters. The highest BCUT2D eigenvalue weighted by atomic mass is 32.2. The molecule has 2 aromatic heterocycles. The number of benzene rings is 1. The smallest absolute Gasteiger partial charge is 0.340 e. The molecule has 3 aromatic rings. The molecule has 0 aliphatic rings. The maximum atomic E-state index is 12.7. The zero-order chi connectivity index (χ0) is 21.0. The molecule has 1 atom stereocenters. The van der Waals surface area contributed by atoms with Gasteiger partial charge < -0.3 is 10.1 Å². The van der Waals surface area contributed by atoms with Crippen molar-refractivity contribution in [3.63, 3.8) is 0 Å². The van der Waals surface area contributed by atoms with E-state index in [4.69, 9.17) is 4.74 Å². The Bertz CT molecular complexity index is 1080. The lowest BCUT2D eigenvalue weighted by Crippen LogP contribution is -2.35. The average molecular weight is 428 g/mol. The zero-order valence-electron chi connectivity index (χ0n) is 16.4. The molecule has 29 heavy (non-hydrogen) atoms. The first kappa shape index (κ1) is 21.0. The Kier molecular flexibility index (Phi) is 6.66. The number of esters is 1. The number of hydrogen-bond acceptors (Lipinski definition) is 7. The second-order valence-electron chi connectivity index (χ2n) is 6.32. The Balaban J connectivity index is 1.86. The van der Waals surface area contributed by atoms with Crippen molar-refractivity contribution in [2.45, 2.75) is 36.8 Å². The molecule has 2 heterocycles. The fourth-order valence-electron chi connectivity index (χ4n) is 2.65. The lowest BCUT2D eigenvalue weighted by molar-refractivity contribution is -0.128. The van der Waals surface area contributed by atoms with Crippen molar-refractivity contribution in [1.82, 2.24) is 15.3 Å². The lowest BCUT2D eigenvalue weighted by atomic mass is 10.2. The molecule has 0 spiro atoms. The topological polar surface area (TPSA) is 81.2 Å². The van der Waals surface area contributed by atoms with E-state index in [1.165, 1.54) is 29.9 Å². The van der Waals surface area contributed by atoms with Crippen LogP contribution in [0, 0.1) is 13.8 Å². The third-order valence-electron chi connectivity index (χ3n) is 4.32. The number of aromatic nitrogens is 2. The minimum absolute atomic E-state index is 0.316. The normalized spacial score (nSPS) is 11.8. The Hall–Kier alpha value is -2.71. The maximum Gasteiger partial charge on any atom is 0.340 e. The number of amides is 1. The van der Waals surface area contributed by atoms with Crippen molar-refractivity contribution in [2.24, 2.45) is 0 Å². The summed E-state index contributed by atoms with van der Waals surface area (Å²) in [6, 6.07) is 7.14. The third kappa shape index (κ3) is 4.65. The number of fused-ring (bicyclic) bond motifs is 1. The van der Waals surface area contributed by atoms with E-state index in [1.807, 2.05) is 19.1 Å². The number of carbonyl (C=O) groups is 2. The summed E-state index contributed by atoms with van der Waals surface area (Å²) in [6.07, 6.45) is 2.19. The highest BCUT2D eigenvalue weighted by molar-refractivity contribution is 7.99. The van der Waals surface area contributed by atoms with Crippen LogP contribution in [-0.4, -0.2) is 34.5 Å². The van der Waals surface area contributed by atoms with Gasteiger partial charge in [0.05, 0.1) is 5.56 Å². The van der Waals surface area contributed by atoms with Crippen molar-refractivity contribution in [3.8, 4) is 0 Å². The Morgan fingerprint density at radius 2 is 2.07 bits per heavy atom. The van der Waals surface area contributed by atoms with Crippen LogP contribution < -0.4 is 5.32 Å². The molecule has 1 aromatic carbocycles. The molecule has 0 radical (unpaired) electrons. The van der Waals surface area contributed by atoms with Gasteiger partial charge in [0, 0.05) is 21.7 Å². The molecule has 3 rings (SSSR count). The first-order valence-corrected chi connectivity index (χ1v) is 10.6. The highest BCUT2D eigenvalue weighted by Crippen LogP contribution is 2.38. The molecular formula is C21H21N3O3S2. The molecule has 0 saturated heterocycles. The molecule has 150 valence electrons. The fourth-order valence-corrected chi connectivity index (χ4v) is 4.78. The van der Waals surface area contributed by atoms with Crippen LogP contribution in [-0.2, 0) is 9.53 Å². The Labute approximate surface area is 177 Å². The van der Waals surface area contributed by atoms with E-state index in [2.05, 4.69) is 28.8 Å². The van der Waals surface area contributed by atoms with Crippen molar-refractivity contribution in [3.05, 3.63) is 59.3 Å². The molecule has 0 bridgehead atoms. The molecule has 0 fully saturated rings. The summed E-state index contributed by atoms with van der Waals surface area (Å²) in [7, 11) is 0. The zero-order valence-corrected chi connectivity index (χ0v) is 18.0. The monoisotopic (exact) mass is 427 g/mol. The second-order valence-corrected chi connectivity index (χ2v) is 8.56. The predicted octanol–water partition coefficient (Wildman–Crippen LogP) is 4.31. The van der Waals surface area contributed by atoms with Crippen LogP contribution in [0.4, 0.5) is 0 Å². The van der Waals surface area contributed by atoms with E-state index < -0.39 is 12.1 Å². The van der Waals surface area contributed by atoms with Gasteiger partial charge in [0.25, 0.3) is 5.91 Å². The van der Waals surface area contributed by atoms with Gasteiger partial charge in [0.1, 0.15) is 16.2 Å². The van der Waals surface area contributed by atoms with Gasteiger partial charge in [-0.1, -0.05) is 30.0 Å². The number of carbonyl (C=O) groups excluding carboxylic acids is 2. The number of rotatable bonds is 7. The molecule has 0 aliphatic heterocycles. The summed E-state index contributed by atoms with van der Waals surface area (Å²) in [6.45, 7) is 9.50.